The first-order valence-electron chi connectivity index (χ1n) is 10.2. The van der Waals surface area contributed by atoms with Crippen LogP contribution >= 0.6 is 0 Å². The zero-order valence-electron chi connectivity index (χ0n) is 18.1. The molecule has 2 aromatic carbocycles. The minimum absolute atomic E-state index is 0.0954. The van der Waals surface area contributed by atoms with Crippen molar-refractivity contribution in [2.45, 2.75) is 32.9 Å². The van der Waals surface area contributed by atoms with E-state index < -0.39 is 22.0 Å². The van der Waals surface area contributed by atoms with Gasteiger partial charge in [0.2, 0.25) is 10.0 Å². The number of amides is 1. The number of rotatable bonds is 8. The van der Waals surface area contributed by atoms with Crippen molar-refractivity contribution in [1.29, 1.82) is 0 Å². The molecular formula is C22H28N2O6S. The van der Waals surface area contributed by atoms with Crippen LogP contribution in [0.3, 0.4) is 0 Å². The minimum Gasteiger partial charge on any atom is -0.490 e. The van der Waals surface area contributed by atoms with Gasteiger partial charge in [-0.15, -0.1) is 0 Å². The molecule has 1 amide bonds. The van der Waals surface area contributed by atoms with Crippen molar-refractivity contribution in [1.82, 2.24) is 5.32 Å². The van der Waals surface area contributed by atoms with Crippen molar-refractivity contribution in [2.75, 3.05) is 30.3 Å². The average molecular weight is 449 g/mol. The lowest BCUT2D eigenvalue weighted by molar-refractivity contribution is -0.128. The van der Waals surface area contributed by atoms with E-state index in [-0.39, 0.29) is 12.6 Å². The number of sulfonamides is 1. The Hall–Kier alpha value is -2.94. The molecule has 1 N–H and O–H groups in total. The fourth-order valence-corrected chi connectivity index (χ4v) is 4.29. The normalized spacial score (nSPS) is 16.6. The maximum Gasteiger partial charge on any atom is 0.263 e. The van der Waals surface area contributed by atoms with Crippen molar-refractivity contribution < 1.29 is 27.4 Å². The van der Waals surface area contributed by atoms with Crippen molar-refractivity contribution >= 4 is 21.6 Å². The van der Waals surface area contributed by atoms with E-state index in [2.05, 4.69) is 5.32 Å². The van der Waals surface area contributed by atoms with Crippen molar-refractivity contribution in [3.05, 3.63) is 48.0 Å². The first kappa shape index (κ1) is 22.7. The summed E-state index contributed by atoms with van der Waals surface area (Å²) in [6, 6.07) is 11.9. The van der Waals surface area contributed by atoms with E-state index in [0.717, 1.165) is 11.8 Å². The molecule has 168 valence electrons. The van der Waals surface area contributed by atoms with Gasteiger partial charge in [0, 0.05) is 0 Å². The fraction of sp³-hybridized carbons (Fsp3) is 0.409. The Balaban J connectivity index is 1.78. The summed E-state index contributed by atoms with van der Waals surface area (Å²) in [5.41, 5.74) is 1.26. The van der Waals surface area contributed by atoms with Gasteiger partial charge in [0.25, 0.3) is 5.91 Å². The summed E-state index contributed by atoms with van der Waals surface area (Å²) in [5.74, 6) is 1.20. The van der Waals surface area contributed by atoms with Crippen LogP contribution in [0.15, 0.2) is 42.5 Å². The number of fused-ring (bicyclic) bond motifs is 1. The second-order valence-corrected chi connectivity index (χ2v) is 9.08. The number of hydrogen-bond acceptors (Lipinski definition) is 6. The molecule has 0 saturated heterocycles. The maximum atomic E-state index is 12.9. The highest BCUT2D eigenvalue weighted by molar-refractivity contribution is 7.92. The highest BCUT2D eigenvalue weighted by atomic mass is 32.2. The highest BCUT2D eigenvalue weighted by Gasteiger charge is 2.35. The van der Waals surface area contributed by atoms with E-state index in [9.17, 15) is 13.2 Å². The van der Waals surface area contributed by atoms with E-state index >= 15 is 0 Å². The molecule has 3 rings (SSSR count). The van der Waals surface area contributed by atoms with Crippen LogP contribution in [0.4, 0.5) is 5.69 Å². The van der Waals surface area contributed by atoms with Gasteiger partial charge in [0.15, 0.2) is 17.6 Å². The van der Waals surface area contributed by atoms with E-state index in [1.807, 2.05) is 39.0 Å². The number of nitrogens with zero attached hydrogens (tertiary/aromatic N) is 1. The van der Waals surface area contributed by atoms with Gasteiger partial charge in [-0.1, -0.05) is 18.2 Å². The van der Waals surface area contributed by atoms with Gasteiger partial charge in [-0.05, 0) is 50.6 Å². The van der Waals surface area contributed by atoms with E-state index in [4.69, 9.17) is 14.2 Å². The maximum absolute atomic E-state index is 12.9. The van der Waals surface area contributed by atoms with Crippen molar-refractivity contribution in [3.63, 3.8) is 0 Å². The fourth-order valence-electron chi connectivity index (χ4n) is 3.38. The van der Waals surface area contributed by atoms with Crippen LogP contribution < -0.4 is 23.8 Å². The molecule has 0 radical (unpaired) electrons. The summed E-state index contributed by atoms with van der Waals surface area (Å²) in [7, 11) is -3.57. The highest BCUT2D eigenvalue weighted by Crippen LogP contribution is 2.35. The van der Waals surface area contributed by atoms with Gasteiger partial charge in [-0.2, -0.15) is 0 Å². The molecule has 2 atom stereocenters. The molecule has 0 spiro atoms. The predicted molar refractivity (Wildman–Crippen MR) is 118 cm³/mol. The summed E-state index contributed by atoms with van der Waals surface area (Å²) in [4.78, 5) is 12.9. The average Bonchev–Trinajstić information content (AvgIpc) is 2.73. The summed E-state index contributed by atoms with van der Waals surface area (Å²) in [5, 5.41) is 2.91. The number of benzene rings is 2. The molecule has 0 unspecified atom stereocenters. The van der Waals surface area contributed by atoms with Crippen LogP contribution in [-0.4, -0.2) is 46.4 Å². The van der Waals surface area contributed by atoms with E-state index in [0.29, 0.717) is 36.1 Å². The number of hydrogen-bond donors (Lipinski definition) is 1. The molecule has 2 aromatic rings. The van der Waals surface area contributed by atoms with Crippen LogP contribution in [-0.2, 0) is 14.8 Å². The number of carbonyl (C=O) groups is 1. The lowest BCUT2D eigenvalue weighted by Gasteiger charge is -2.34. The molecule has 0 aromatic heterocycles. The number of nitrogens with one attached hydrogen (secondary N) is 1. The van der Waals surface area contributed by atoms with Crippen LogP contribution in [0.25, 0.3) is 0 Å². The van der Waals surface area contributed by atoms with Crippen molar-refractivity contribution in [2.24, 2.45) is 0 Å². The van der Waals surface area contributed by atoms with Crippen LogP contribution in [0.1, 0.15) is 32.4 Å². The molecule has 0 bridgehead atoms. The number of ether oxygens (including phenoxy) is 3. The lowest BCUT2D eigenvalue weighted by atomic mass is 10.1. The summed E-state index contributed by atoms with van der Waals surface area (Å²) in [6.45, 7) is 6.54. The Morgan fingerprint density at radius 2 is 1.84 bits per heavy atom. The van der Waals surface area contributed by atoms with E-state index in [1.165, 1.54) is 4.31 Å². The van der Waals surface area contributed by atoms with Gasteiger partial charge in [-0.3, -0.25) is 9.10 Å². The number of para-hydroxylation sites is 2. The molecule has 31 heavy (non-hydrogen) atoms. The summed E-state index contributed by atoms with van der Waals surface area (Å²) < 4.78 is 42.8. The van der Waals surface area contributed by atoms with Crippen LogP contribution in [0, 0.1) is 0 Å². The van der Waals surface area contributed by atoms with Gasteiger partial charge >= 0.3 is 0 Å². The number of carbonyl (C=O) groups excluding carboxylic acids is 1. The number of anilines is 1. The lowest BCUT2D eigenvalue weighted by Crippen LogP contribution is -2.50. The second kappa shape index (κ2) is 9.47. The van der Waals surface area contributed by atoms with Crippen LogP contribution in [0.5, 0.6) is 17.2 Å². The molecule has 1 aliphatic heterocycles. The van der Waals surface area contributed by atoms with Gasteiger partial charge < -0.3 is 19.5 Å². The molecule has 9 heteroatoms. The predicted octanol–water partition coefficient (Wildman–Crippen LogP) is 2.89. The quantitative estimate of drug-likeness (QED) is 0.667. The topological polar surface area (TPSA) is 94.2 Å². The third-order valence-electron chi connectivity index (χ3n) is 4.85. The zero-order valence-corrected chi connectivity index (χ0v) is 18.9. The van der Waals surface area contributed by atoms with Gasteiger partial charge in [0.1, 0.15) is 5.75 Å². The molecule has 0 aliphatic carbocycles. The van der Waals surface area contributed by atoms with E-state index in [1.54, 1.807) is 24.3 Å². The molecule has 1 heterocycles. The summed E-state index contributed by atoms with van der Waals surface area (Å²) in [6.07, 6.45) is 0.142. The van der Waals surface area contributed by atoms with Crippen molar-refractivity contribution in [3.8, 4) is 17.2 Å². The Morgan fingerprint density at radius 3 is 2.52 bits per heavy atom. The van der Waals surface area contributed by atoms with Gasteiger partial charge in [-0.25, -0.2) is 8.42 Å². The smallest absolute Gasteiger partial charge is 0.263 e. The molecular weight excluding hydrogens is 420 g/mol. The molecule has 1 aliphatic rings. The zero-order chi connectivity index (χ0) is 22.6. The Kier molecular flexibility index (Phi) is 6.94. The molecule has 0 saturated carbocycles. The largest absolute Gasteiger partial charge is 0.490 e. The SMILES string of the molecule is CCOc1ccc([C@H](C)NC(=O)[C@H]2CN(S(C)(=O)=O)c3ccccc3O2)cc1OCC. The third kappa shape index (κ3) is 5.22. The Morgan fingerprint density at radius 1 is 1.16 bits per heavy atom. The Labute approximate surface area is 183 Å². The Bertz CT molecular complexity index is 1040. The third-order valence-corrected chi connectivity index (χ3v) is 6.00. The second-order valence-electron chi connectivity index (χ2n) is 7.17. The standard InChI is InChI=1S/C22H28N2O6S/c1-5-28-19-12-11-16(13-20(19)29-6-2)15(3)23-22(25)21-14-24(31(4,26)27)17-9-7-8-10-18(17)30-21/h7-13,15,21H,5-6,14H2,1-4H3,(H,23,25)/t15-,21+/m0/s1. The van der Waals surface area contributed by atoms with Gasteiger partial charge in [0.05, 0.1) is 37.7 Å². The van der Waals surface area contributed by atoms with Crippen LogP contribution in [0.2, 0.25) is 0 Å². The molecule has 0 fully saturated rings. The first-order valence-corrected chi connectivity index (χ1v) is 12.0. The minimum atomic E-state index is -3.57. The molecule has 8 nitrogen and oxygen atoms in total. The monoisotopic (exact) mass is 448 g/mol. The first-order chi connectivity index (χ1) is 14.7. The summed E-state index contributed by atoms with van der Waals surface area (Å²) >= 11 is 0.